The van der Waals surface area contributed by atoms with Gasteiger partial charge in [0.15, 0.2) is 5.96 Å². The van der Waals surface area contributed by atoms with Crippen LogP contribution in [0.25, 0.3) is 0 Å². The van der Waals surface area contributed by atoms with E-state index in [0.717, 1.165) is 18.2 Å². The Labute approximate surface area is 111 Å². The van der Waals surface area contributed by atoms with Crippen molar-refractivity contribution < 1.29 is 13.2 Å². The molecule has 1 aromatic carbocycles. The van der Waals surface area contributed by atoms with Crippen LogP contribution < -0.4 is 16.8 Å². The minimum Gasteiger partial charge on any atom is -0.370 e. The molecule has 0 atom stereocenters. The van der Waals surface area contributed by atoms with Crippen LogP contribution in [0.3, 0.4) is 0 Å². The smallest absolute Gasteiger partial charge is 0.370 e. The quantitative estimate of drug-likeness (QED) is 0.422. The monoisotopic (exact) mass is 296 g/mol. The number of aliphatic imine (C=N–C) groups is 1. The van der Waals surface area contributed by atoms with Crippen LogP contribution in [0.4, 0.5) is 18.9 Å². The van der Waals surface area contributed by atoms with Crippen LogP contribution in [0.15, 0.2) is 23.2 Å². The molecule has 0 aromatic heterocycles. The van der Waals surface area contributed by atoms with Crippen molar-refractivity contribution in [2.24, 2.45) is 16.5 Å². The second kappa shape index (κ2) is 5.40. The topological polar surface area (TPSA) is 76.4 Å². The molecule has 9 heteroatoms. The Kier molecular flexibility index (Phi) is 4.36. The molecule has 0 bridgehead atoms. The van der Waals surface area contributed by atoms with E-state index in [4.69, 9.17) is 35.3 Å². The molecule has 0 aliphatic carbocycles. The van der Waals surface area contributed by atoms with Gasteiger partial charge in [-0.05, 0) is 30.4 Å². The third-order valence-corrected chi connectivity index (χ3v) is 2.29. The second-order valence-electron chi connectivity index (χ2n) is 3.16. The van der Waals surface area contributed by atoms with Crippen molar-refractivity contribution in [3.63, 3.8) is 0 Å². The van der Waals surface area contributed by atoms with Gasteiger partial charge in [0.05, 0.1) is 16.3 Å². The van der Waals surface area contributed by atoms with Gasteiger partial charge in [0.2, 0.25) is 5.11 Å². The summed E-state index contributed by atoms with van der Waals surface area (Å²) in [7, 11) is 0. The van der Waals surface area contributed by atoms with Crippen molar-refractivity contribution >= 4 is 40.6 Å². The van der Waals surface area contributed by atoms with Gasteiger partial charge in [-0.25, -0.2) is 0 Å². The van der Waals surface area contributed by atoms with Gasteiger partial charge in [-0.15, -0.1) is 0 Å². The molecule has 0 radical (unpaired) electrons. The number of nitrogens with zero attached hydrogens (tertiary/aromatic N) is 1. The molecule has 98 valence electrons. The lowest BCUT2D eigenvalue weighted by molar-refractivity contribution is -0.137. The highest BCUT2D eigenvalue weighted by Gasteiger charge is 2.31. The van der Waals surface area contributed by atoms with Gasteiger partial charge in [0.1, 0.15) is 0 Å². The zero-order valence-electron chi connectivity index (χ0n) is 8.75. The van der Waals surface area contributed by atoms with Crippen molar-refractivity contribution in [2.45, 2.75) is 6.18 Å². The van der Waals surface area contributed by atoms with Gasteiger partial charge in [0, 0.05) is 0 Å². The van der Waals surface area contributed by atoms with Crippen molar-refractivity contribution in [3.05, 3.63) is 28.8 Å². The highest BCUT2D eigenvalue weighted by atomic mass is 35.5. The number of alkyl halides is 3. The molecular weight excluding hydrogens is 289 g/mol. The number of guanidine groups is 1. The third-order valence-electron chi connectivity index (χ3n) is 1.77. The number of nitrogens with two attached hydrogens (primary N) is 2. The standard InChI is InChI=1S/C9H8ClF3N4S/c10-5-2-1-4(9(11,12)13)3-6(5)16-8(18)17-7(14)15/h1-3H,(H5,14,15,16,17,18). The summed E-state index contributed by atoms with van der Waals surface area (Å²) in [4.78, 5) is 3.46. The molecule has 18 heavy (non-hydrogen) atoms. The summed E-state index contributed by atoms with van der Waals surface area (Å²) in [6, 6.07) is 2.78. The first-order chi connectivity index (χ1) is 8.20. The van der Waals surface area contributed by atoms with E-state index in [2.05, 4.69) is 10.3 Å². The molecule has 0 aliphatic heterocycles. The lowest BCUT2D eigenvalue weighted by atomic mass is 10.2. The van der Waals surface area contributed by atoms with E-state index in [0.29, 0.717) is 0 Å². The third kappa shape index (κ3) is 4.04. The molecule has 0 unspecified atom stereocenters. The first kappa shape index (κ1) is 14.5. The number of anilines is 1. The molecule has 0 saturated heterocycles. The maximum absolute atomic E-state index is 12.5. The number of nitrogens with one attached hydrogen (secondary N) is 1. The van der Waals surface area contributed by atoms with Crippen molar-refractivity contribution in [2.75, 3.05) is 5.32 Å². The summed E-state index contributed by atoms with van der Waals surface area (Å²) >= 11 is 10.4. The average molecular weight is 297 g/mol. The first-order valence-electron chi connectivity index (χ1n) is 4.47. The van der Waals surface area contributed by atoms with Crippen molar-refractivity contribution in [1.82, 2.24) is 0 Å². The Morgan fingerprint density at radius 3 is 2.44 bits per heavy atom. The molecule has 1 rings (SSSR count). The Bertz CT molecular complexity index is 497. The highest BCUT2D eigenvalue weighted by Crippen LogP contribution is 2.33. The normalized spacial score (nSPS) is 10.9. The van der Waals surface area contributed by atoms with Gasteiger partial charge in [-0.2, -0.15) is 18.2 Å². The van der Waals surface area contributed by atoms with Gasteiger partial charge in [-0.3, -0.25) is 0 Å². The summed E-state index contributed by atoms with van der Waals surface area (Å²) in [6.07, 6.45) is -4.47. The van der Waals surface area contributed by atoms with E-state index in [9.17, 15) is 13.2 Å². The van der Waals surface area contributed by atoms with E-state index < -0.39 is 11.7 Å². The van der Waals surface area contributed by atoms with E-state index >= 15 is 0 Å². The Morgan fingerprint density at radius 1 is 1.33 bits per heavy atom. The lowest BCUT2D eigenvalue weighted by Crippen LogP contribution is -2.25. The van der Waals surface area contributed by atoms with Crippen molar-refractivity contribution in [1.29, 1.82) is 0 Å². The number of rotatable bonds is 1. The minimum absolute atomic E-state index is 0.0264. The molecule has 1 aromatic rings. The SMILES string of the molecule is NC(N)=NC(=S)Nc1cc(C(F)(F)F)ccc1Cl. The van der Waals surface area contributed by atoms with Gasteiger partial charge >= 0.3 is 6.18 Å². The van der Waals surface area contributed by atoms with Gasteiger partial charge in [-0.1, -0.05) is 11.6 Å². The van der Waals surface area contributed by atoms with Crippen LogP contribution in [-0.2, 0) is 6.18 Å². The van der Waals surface area contributed by atoms with Crippen LogP contribution in [0.5, 0.6) is 0 Å². The summed E-state index contributed by atoms with van der Waals surface area (Å²) in [5, 5.41) is 2.29. The number of benzene rings is 1. The van der Waals surface area contributed by atoms with Crippen LogP contribution in [0.2, 0.25) is 5.02 Å². The predicted octanol–water partition coefficient (Wildman–Crippen LogP) is 2.33. The zero-order valence-corrected chi connectivity index (χ0v) is 10.3. The first-order valence-corrected chi connectivity index (χ1v) is 5.26. The molecule has 0 saturated carbocycles. The fourth-order valence-corrected chi connectivity index (χ4v) is 1.44. The molecule has 0 aliphatic rings. The Balaban J connectivity index is 3.02. The zero-order chi connectivity index (χ0) is 13.9. The predicted molar refractivity (Wildman–Crippen MR) is 68.5 cm³/mol. The Hall–Kier alpha value is -1.54. The van der Waals surface area contributed by atoms with Crippen LogP contribution in [-0.4, -0.2) is 11.1 Å². The number of halogens is 4. The van der Waals surface area contributed by atoms with E-state index in [1.165, 1.54) is 0 Å². The molecule has 5 N–H and O–H groups in total. The molecular formula is C9H8ClF3N4S. The highest BCUT2D eigenvalue weighted by molar-refractivity contribution is 7.80. The number of hydrogen-bond acceptors (Lipinski definition) is 1. The summed E-state index contributed by atoms with van der Waals surface area (Å²) in [6.45, 7) is 0. The molecule has 0 heterocycles. The van der Waals surface area contributed by atoms with Crippen LogP contribution in [0.1, 0.15) is 5.56 Å². The maximum Gasteiger partial charge on any atom is 0.416 e. The summed E-state index contributed by atoms with van der Waals surface area (Å²) < 4.78 is 37.4. The Morgan fingerprint density at radius 2 is 1.94 bits per heavy atom. The van der Waals surface area contributed by atoms with E-state index in [1.54, 1.807) is 0 Å². The summed E-state index contributed by atoms with van der Waals surface area (Å²) in [5.74, 6) is -0.310. The van der Waals surface area contributed by atoms with E-state index in [-0.39, 0.29) is 21.8 Å². The number of hydrogen-bond donors (Lipinski definition) is 3. The molecule has 4 nitrogen and oxygen atoms in total. The molecule has 0 fully saturated rings. The number of thiocarbonyl (C=S) groups is 1. The van der Waals surface area contributed by atoms with Gasteiger partial charge < -0.3 is 16.8 Å². The maximum atomic E-state index is 12.5. The van der Waals surface area contributed by atoms with Crippen LogP contribution >= 0.6 is 23.8 Å². The van der Waals surface area contributed by atoms with E-state index in [1.807, 2.05) is 0 Å². The fourth-order valence-electron chi connectivity index (χ4n) is 1.06. The molecule has 0 amide bonds. The largest absolute Gasteiger partial charge is 0.416 e. The average Bonchev–Trinajstić information content (AvgIpc) is 2.18. The van der Waals surface area contributed by atoms with Crippen molar-refractivity contribution in [3.8, 4) is 0 Å². The van der Waals surface area contributed by atoms with Gasteiger partial charge in [0.25, 0.3) is 0 Å². The molecule has 0 spiro atoms. The lowest BCUT2D eigenvalue weighted by Gasteiger charge is -2.11. The minimum atomic E-state index is -4.47. The summed E-state index contributed by atoms with van der Waals surface area (Å²) in [5.41, 5.74) is 9.26. The fraction of sp³-hybridized carbons (Fsp3) is 0.111. The van der Waals surface area contributed by atoms with Crippen LogP contribution in [0, 0.1) is 0 Å². The second-order valence-corrected chi connectivity index (χ2v) is 3.95.